The predicted octanol–water partition coefficient (Wildman–Crippen LogP) is 0.776. The van der Waals surface area contributed by atoms with E-state index in [9.17, 15) is 18.0 Å². The van der Waals surface area contributed by atoms with Crippen molar-refractivity contribution < 1.29 is 22.7 Å². The second-order valence-corrected chi connectivity index (χ2v) is 4.21. The Balaban J connectivity index is 2.13. The Labute approximate surface area is 98.1 Å². The highest BCUT2D eigenvalue weighted by atomic mass is 19.4. The highest BCUT2D eigenvalue weighted by molar-refractivity contribution is 5.71. The molecule has 0 bridgehead atoms. The van der Waals surface area contributed by atoms with Gasteiger partial charge in [0.25, 0.3) is 0 Å². The maximum absolute atomic E-state index is 11.8. The first-order valence-corrected chi connectivity index (χ1v) is 5.52. The number of alkyl halides is 3. The molecule has 0 aromatic rings. The molecule has 1 saturated heterocycles. The number of nitrogens with one attached hydrogen (secondary N) is 1. The molecule has 0 aromatic carbocycles. The third-order valence-electron chi connectivity index (χ3n) is 2.56. The third kappa shape index (κ3) is 6.48. The number of halogens is 3. The summed E-state index contributed by atoms with van der Waals surface area (Å²) in [6.07, 6.45) is -2.98. The topological polar surface area (TPSA) is 41.6 Å². The number of carbonyl (C=O) groups excluding carboxylic acids is 1. The summed E-state index contributed by atoms with van der Waals surface area (Å²) in [7, 11) is 1.98. The quantitative estimate of drug-likeness (QED) is 0.753. The van der Waals surface area contributed by atoms with Crippen LogP contribution in [0.25, 0.3) is 0 Å². The Bertz CT molecular complexity index is 250. The van der Waals surface area contributed by atoms with Crippen LogP contribution in [-0.2, 0) is 9.53 Å². The lowest BCUT2D eigenvalue weighted by Gasteiger charge is -2.28. The minimum atomic E-state index is -4.30. The summed E-state index contributed by atoms with van der Waals surface area (Å²) in [6.45, 7) is 0.114. The molecule has 100 valence electrons. The predicted molar refractivity (Wildman–Crippen MR) is 55.5 cm³/mol. The van der Waals surface area contributed by atoms with Crippen LogP contribution in [-0.4, -0.2) is 56.4 Å². The van der Waals surface area contributed by atoms with Crippen LogP contribution >= 0.6 is 0 Å². The number of likely N-dealkylation sites (tertiary alicyclic amines) is 1. The van der Waals surface area contributed by atoms with Gasteiger partial charge in [0.15, 0.2) is 0 Å². The van der Waals surface area contributed by atoms with E-state index in [1.807, 2.05) is 12.4 Å². The lowest BCUT2D eigenvalue weighted by atomic mass is 10.1. The van der Waals surface area contributed by atoms with E-state index in [2.05, 4.69) is 4.90 Å². The fraction of sp³-hybridized carbons (Fsp3) is 0.900. The Kier molecular flexibility index (Phi) is 5.20. The van der Waals surface area contributed by atoms with Gasteiger partial charge >= 0.3 is 12.1 Å². The zero-order chi connectivity index (χ0) is 12.9. The van der Waals surface area contributed by atoms with Crippen molar-refractivity contribution in [3.8, 4) is 0 Å². The molecule has 0 amide bonds. The summed E-state index contributed by atoms with van der Waals surface area (Å²) in [6, 6.07) is 0. The fourth-order valence-electron chi connectivity index (χ4n) is 1.64. The van der Waals surface area contributed by atoms with E-state index >= 15 is 0 Å². The molecule has 1 heterocycles. The van der Waals surface area contributed by atoms with Crippen LogP contribution in [0.5, 0.6) is 0 Å². The van der Waals surface area contributed by atoms with Crippen molar-refractivity contribution in [2.75, 3.05) is 33.2 Å². The van der Waals surface area contributed by atoms with E-state index in [4.69, 9.17) is 4.74 Å². The molecule has 0 spiro atoms. The Morgan fingerprint density at radius 2 is 2.00 bits per heavy atom. The van der Waals surface area contributed by atoms with Crippen LogP contribution < -0.4 is 5.32 Å². The third-order valence-corrected chi connectivity index (χ3v) is 2.56. The number of nitrogens with zero attached hydrogens (tertiary/aromatic N) is 1. The van der Waals surface area contributed by atoms with Crippen LogP contribution in [0, 0.1) is 0 Å². The van der Waals surface area contributed by atoms with E-state index in [1.54, 1.807) is 0 Å². The van der Waals surface area contributed by atoms with Crippen molar-refractivity contribution in [1.82, 2.24) is 10.2 Å². The lowest BCUT2D eigenvalue weighted by molar-refractivity contribution is -0.151. The highest BCUT2D eigenvalue weighted by Crippen LogP contribution is 2.13. The molecule has 1 N–H and O–H groups in total. The molecule has 0 radical (unpaired) electrons. The molecule has 1 aliphatic heterocycles. The number of rotatable bonds is 4. The van der Waals surface area contributed by atoms with Gasteiger partial charge in [0.1, 0.15) is 6.10 Å². The summed E-state index contributed by atoms with van der Waals surface area (Å²) >= 11 is 0. The summed E-state index contributed by atoms with van der Waals surface area (Å²) < 4.78 is 40.4. The van der Waals surface area contributed by atoms with Crippen LogP contribution in [0.1, 0.15) is 12.8 Å². The van der Waals surface area contributed by atoms with Gasteiger partial charge in [0.05, 0.1) is 13.1 Å². The Morgan fingerprint density at radius 1 is 1.41 bits per heavy atom. The van der Waals surface area contributed by atoms with E-state index in [0.29, 0.717) is 0 Å². The number of piperidine rings is 1. The molecule has 1 aliphatic rings. The standard InChI is InChI=1S/C10H17F3N2O2/c1-15-4-2-8(3-5-15)17-9(16)6-14-7-10(11,12)13/h8,14H,2-7H2,1H3. The summed E-state index contributed by atoms with van der Waals surface area (Å²) in [5.41, 5.74) is 0. The fourth-order valence-corrected chi connectivity index (χ4v) is 1.64. The first kappa shape index (κ1) is 14.2. The SMILES string of the molecule is CN1CCC(OC(=O)CNCC(F)(F)F)CC1. The maximum atomic E-state index is 11.8. The molecule has 0 atom stereocenters. The van der Waals surface area contributed by atoms with Crippen LogP contribution in [0.3, 0.4) is 0 Å². The molecule has 0 aromatic heterocycles. The van der Waals surface area contributed by atoms with Crippen molar-refractivity contribution in [2.24, 2.45) is 0 Å². The van der Waals surface area contributed by atoms with E-state index in [0.717, 1.165) is 25.9 Å². The van der Waals surface area contributed by atoms with Gasteiger partial charge in [-0.1, -0.05) is 0 Å². The second kappa shape index (κ2) is 6.20. The molecule has 17 heavy (non-hydrogen) atoms. The Morgan fingerprint density at radius 3 is 2.53 bits per heavy atom. The Hall–Kier alpha value is -0.820. The van der Waals surface area contributed by atoms with Gasteiger partial charge in [-0.2, -0.15) is 13.2 Å². The largest absolute Gasteiger partial charge is 0.461 e. The van der Waals surface area contributed by atoms with E-state index < -0.39 is 25.2 Å². The van der Waals surface area contributed by atoms with Gasteiger partial charge in [-0.05, 0) is 19.9 Å². The number of hydrogen-bond acceptors (Lipinski definition) is 4. The smallest absolute Gasteiger partial charge is 0.401 e. The molecule has 0 saturated carbocycles. The van der Waals surface area contributed by atoms with Gasteiger partial charge in [-0.15, -0.1) is 0 Å². The first-order chi connectivity index (χ1) is 7.87. The molecular weight excluding hydrogens is 237 g/mol. The number of carbonyl (C=O) groups is 1. The van der Waals surface area contributed by atoms with Crippen LogP contribution in [0.2, 0.25) is 0 Å². The lowest BCUT2D eigenvalue weighted by Crippen LogP contribution is -2.38. The van der Waals surface area contributed by atoms with Crippen LogP contribution in [0.15, 0.2) is 0 Å². The molecule has 1 rings (SSSR count). The first-order valence-electron chi connectivity index (χ1n) is 5.52. The molecule has 0 unspecified atom stereocenters. The molecule has 4 nitrogen and oxygen atoms in total. The average molecular weight is 254 g/mol. The summed E-state index contributed by atoms with van der Waals surface area (Å²) in [5.74, 6) is -0.621. The van der Waals surface area contributed by atoms with Crippen molar-refractivity contribution in [3.63, 3.8) is 0 Å². The van der Waals surface area contributed by atoms with Crippen molar-refractivity contribution in [3.05, 3.63) is 0 Å². The monoisotopic (exact) mass is 254 g/mol. The zero-order valence-electron chi connectivity index (χ0n) is 9.72. The van der Waals surface area contributed by atoms with Gasteiger partial charge < -0.3 is 9.64 Å². The molecular formula is C10H17F3N2O2. The molecule has 7 heteroatoms. The second-order valence-electron chi connectivity index (χ2n) is 4.21. The van der Waals surface area contributed by atoms with Gasteiger partial charge in [-0.3, -0.25) is 10.1 Å². The number of esters is 1. The highest BCUT2D eigenvalue weighted by Gasteiger charge is 2.27. The van der Waals surface area contributed by atoms with Crippen molar-refractivity contribution in [1.29, 1.82) is 0 Å². The minimum Gasteiger partial charge on any atom is -0.461 e. The van der Waals surface area contributed by atoms with Gasteiger partial charge in [-0.25, -0.2) is 0 Å². The van der Waals surface area contributed by atoms with E-state index in [1.165, 1.54) is 0 Å². The van der Waals surface area contributed by atoms with E-state index in [-0.39, 0.29) is 6.10 Å². The van der Waals surface area contributed by atoms with Crippen LogP contribution in [0.4, 0.5) is 13.2 Å². The van der Waals surface area contributed by atoms with Crippen molar-refractivity contribution >= 4 is 5.97 Å². The normalized spacial score (nSPS) is 19.3. The maximum Gasteiger partial charge on any atom is 0.401 e. The summed E-state index contributed by atoms with van der Waals surface area (Å²) in [5, 5.41) is 2.01. The van der Waals surface area contributed by atoms with Crippen molar-refractivity contribution in [2.45, 2.75) is 25.1 Å². The van der Waals surface area contributed by atoms with Gasteiger partial charge in [0.2, 0.25) is 0 Å². The molecule has 1 fully saturated rings. The average Bonchev–Trinajstić information content (AvgIpc) is 2.19. The zero-order valence-corrected chi connectivity index (χ0v) is 9.72. The number of ether oxygens (including phenoxy) is 1. The minimum absolute atomic E-state index is 0.161. The number of hydrogen-bond donors (Lipinski definition) is 1. The molecule has 0 aliphatic carbocycles. The van der Waals surface area contributed by atoms with Gasteiger partial charge in [0, 0.05) is 13.1 Å². The summed E-state index contributed by atoms with van der Waals surface area (Å²) in [4.78, 5) is 13.3.